The third-order valence-corrected chi connectivity index (χ3v) is 5.99. The van der Waals surface area contributed by atoms with Gasteiger partial charge in [0.2, 0.25) is 17.6 Å². The second-order valence-electron chi connectivity index (χ2n) is 6.44. The van der Waals surface area contributed by atoms with Gasteiger partial charge in [0.15, 0.2) is 16.8 Å². The van der Waals surface area contributed by atoms with E-state index in [9.17, 15) is 13.6 Å². The van der Waals surface area contributed by atoms with Crippen LogP contribution >= 0.6 is 22.7 Å². The smallest absolute Gasteiger partial charge is 0.226 e. The number of amides is 1. The van der Waals surface area contributed by atoms with Crippen molar-refractivity contribution in [3.63, 3.8) is 0 Å². The molecule has 0 aliphatic carbocycles. The molecule has 0 saturated carbocycles. The van der Waals surface area contributed by atoms with Crippen molar-refractivity contribution in [2.24, 2.45) is 0 Å². The molecule has 0 unspecified atom stereocenters. The molecule has 0 bridgehead atoms. The average Bonchev–Trinajstić information content (AvgIpc) is 3.45. The SMILES string of the molecule is Cc1sc(NC(=O)CCCc2nc(-c3cccs3)no2)nc1-c1ccc(F)c(F)c1. The van der Waals surface area contributed by atoms with E-state index in [4.69, 9.17) is 4.52 Å². The molecule has 0 aliphatic heterocycles. The van der Waals surface area contributed by atoms with Crippen LogP contribution in [0, 0.1) is 18.6 Å². The molecule has 0 fully saturated rings. The summed E-state index contributed by atoms with van der Waals surface area (Å²) in [6.45, 7) is 1.81. The molecule has 6 nitrogen and oxygen atoms in total. The number of benzene rings is 1. The van der Waals surface area contributed by atoms with Crippen LogP contribution in [0.15, 0.2) is 40.2 Å². The highest BCUT2D eigenvalue weighted by molar-refractivity contribution is 7.16. The van der Waals surface area contributed by atoms with Crippen LogP contribution < -0.4 is 5.32 Å². The van der Waals surface area contributed by atoms with E-state index in [1.165, 1.54) is 28.7 Å². The fourth-order valence-electron chi connectivity index (χ4n) is 2.81. The lowest BCUT2D eigenvalue weighted by Gasteiger charge is -2.01. The Morgan fingerprint density at radius 3 is 2.83 bits per heavy atom. The zero-order chi connectivity index (χ0) is 21.1. The molecule has 4 aromatic rings. The van der Waals surface area contributed by atoms with Gasteiger partial charge < -0.3 is 9.84 Å². The van der Waals surface area contributed by atoms with E-state index in [-0.39, 0.29) is 12.3 Å². The quantitative estimate of drug-likeness (QED) is 0.407. The van der Waals surface area contributed by atoms with Crippen molar-refractivity contribution in [3.05, 3.63) is 58.1 Å². The highest BCUT2D eigenvalue weighted by Gasteiger charge is 2.15. The van der Waals surface area contributed by atoms with Crippen LogP contribution in [0.2, 0.25) is 0 Å². The molecule has 4 rings (SSSR count). The molecule has 3 heterocycles. The Labute approximate surface area is 178 Å². The molecule has 1 N–H and O–H groups in total. The largest absolute Gasteiger partial charge is 0.339 e. The Hall–Kier alpha value is -2.98. The molecule has 30 heavy (non-hydrogen) atoms. The van der Waals surface area contributed by atoms with Crippen LogP contribution in [0.3, 0.4) is 0 Å². The zero-order valence-corrected chi connectivity index (χ0v) is 17.4. The second kappa shape index (κ2) is 8.80. The number of hydrogen-bond donors (Lipinski definition) is 1. The normalized spacial score (nSPS) is 11.0. The summed E-state index contributed by atoms with van der Waals surface area (Å²) < 4.78 is 31.9. The number of aryl methyl sites for hydroxylation is 2. The van der Waals surface area contributed by atoms with Gasteiger partial charge in [-0.05, 0) is 43.0 Å². The Bertz CT molecular complexity index is 1170. The summed E-state index contributed by atoms with van der Waals surface area (Å²) in [5, 5.41) is 9.04. The molecule has 1 amide bonds. The van der Waals surface area contributed by atoms with Crippen molar-refractivity contribution in [2.45, 2.75) is 26.2 Å². The molecule has 0 spiro atoms. The first kappa shape index (κ1) is 20.3. The van der Waals surface area contributed by atoms with Gasteiger partial charge in [-0.25, -0.2) is 13.8 Å². The molecule has 1 aromatic carbocycles. The van der Waals surface area contributed by atoms with Gasteiger partial charge in [-0.15, -0.1) is 22.7 Å². The third-order valence-electron chi connectivity index (χ3n) is 4.24. The van der Waals surface area contributed by atoms with Crippen LogP contribution in [0.5, 0.6) is 0 Å². The van der Waals surface area contributed by atoms with Gasteiger partial charge in [0.25, 0.3) is 0 Å². The summed E-state index contributed by atoms with van der Waals surface area (Å²) >= 11 is 2.81. The van der Waals surface area contributed by atoms with Gasteiger partial charge in [0, 0.05) is 23.3 Å². The van der Waals surface area contributed by atoms with Crippen LogP contribution in [0.25, 0.3) is 22.0 Å². The van der Waals surface area contributed by atoms with Crippen molar-refractivity contribution in [3.8, 4) is 22.0 Å². The molecule has 0 radical (unpaired) electrons. The van der Waals surface area contributed by atoms with Crippen molar-refractivity contribution in [1.82, 2.24) is 15.1 Å². The lowest BCUT2D eigenvalue weighted by atomic mass is 10.1. The molecule has 154 valence electrons. The highest BCUT2D eigenvalue weighted by Crippen LogP contribution is 2.31. The number of rotatable bonds is 7. The maximum absolute atomic E-state index is 13.5. The number of carbonyl (C=O) groups is 1. The standard InChI is InChI=1S/C20H16F2N4O2S2/c1-11-18(12-7-8-13(21)14(22)10-12)25-20(30-11)23-16(27)5-2-6-17-24-19(26-28-17)15-4-3-9-29-15/h3-4,7-10H,2,5-6H2,1H3,(H,23,25,27). The van der Waals surface area contributed by atoms with Gasteiger partial charge in [-0.1, -0.05) is 11.2 Å². The first-order valence-electron chi connectivity index (χ1n) is 9.09. The van der Waals surface area contributed by atoms with Crippen molar-refractivity contribution in [1.29, 1.82) is 0 Å². The molecular weight excluding hydrogens is 430 g/mol. The monoisotopic (exact) mass is 446 g/mol. The zero-order valence-electron chi connectivity index (χ0n) is 15.8. The molecular formula is C20H16F2N4O2S2. The van der Waals surface area contributed by atoms with E-state index in [0.717, 1.165) is 21.9 Å². The Morgan fingerprint density at radius 2 is 2.07 bits per heavy atom. The summed E-state index contributed by atoms with van der Waals surface area (Å²) in [4.78, 5) is 22.6. The van der Waals surface area contributed by atoms with E-state index in [0.29, 0.717) is 40.9 Å². The number of anilines is 1. The predicted molar refractivity (Wildman–Crippen MR) is 111 cm³/mol. The number of nitrogens with zero attached hydrogens (tertiary/aromatic N) is 3. The maximum Gasteiger partial charge on any atom is 0.226 e. The third kappa shape index (κ3) is 4.60. The minimum atomic E-state index is -0.936. The van der Waals surface area contributed by atoms with Crippen LogP contribution in [0.1, 0.15) is 23.6 Å². The van der Waals surface area contributed by atoms with Gasteiger partial charge in [-0.2, -0.15) is 4.98 Å². The van der Waals surface area contributed by atoms with Gasteiger partial charge in [0.1, 0.15) is 0 Å². The van der Waals surface area contributed by atoms with Crippen molar-refractivity contribution >= 4 is 33.7 Å². The van der Waals surface area contributed by atoms with E-state index in [1.54, 1.807) is 0 Å². The van der Waals surface area contributed by atoms with Crippen LogP contribution in [0.4, 0.5) is 13.9 Å². The summed E-state index contributed by atoms with van der Waals surface area (Å²) in [7, 11) is 0. The molecule has 0 aliphatic rings. The molecule has 10 heteroatoms. The summed E-state index contributed by atoms with van der Waals surface area (Å²) in [6.07, 6.45) is 1.29. The molecule has 0 atom stereocenters. The first-order chi connectivity index (χ1) is 14.5. The van der Waals surface area contributed by atoms with E-state index < -0.39 is 11.6 Å². The molecule has 0 saturated heterocycles. The first-order valence-corrected chi connectivity index (χ1v) is 10.8. The van der Waals surface area contributed by atoms with E-state index in [1.807, 2.05) is 24.4 Å². The number of halogens is 2. The Kier molecular flexibility index (Phi) is 5.96. The number of thiazole rings is 1. The van der Waals surface area contributed by atoms with Crippen molar-refractivity contribution < 1.29 is 18.1 Å². The Morgan fingerprint density at radius 1 is 1.20 bits per heavy atom. The van der Waals surface area contributed by atoms with Gasteiger partial charge in [-0.3, -0.25) is 4.79 Å². The lowest BCUT2D eigenvalue weighted by Crippen LogP contribution is -2.11. The predicted octanol–water partition coefficient (Wildman–Crippen LogP) is 5.47. The minimum absolute atomic E-state index is 0.196. The highest BCUT2D eigenvalue weighted by atomic mass is 32.1. The number of aromatic nitrogens is 3. The van der Waals surface area contributed by atoms with Crippen LogP contribution in [-0.2, 0) is 11.2 Å². The number of thiophene rings is 1. The van der Waals surface area contributed by atoms with Crippen LogP contribution in [-0.4, -0.2) is 21.0 Å². The van der Waals surface area contributed by atoms with Gasteiger partial charge >= 0.3 is 0 Å². The summed E-state index contributed by atoms with van der Waals surface area (Å²) in [5.41, 5.74) is 0.974. The summed E-state index contributed by atoms with van der Waals surface area (Å²) in [5.74, 6) is -1.01. The second-order valence-corrected chi connectivity index (χ2v) is 8.59. The number of carbonyl (C=O) groups excluding carboxylic acids is 1. The topological polar surface area (TPSA) is 80.9 Å². The number of nitrogens with one attached hydrogen (secondary N) is 1. The fraction of sp³-hybridized carbons (Fsp3) is 0.200. The summed E-state index contributed by atoms with van der Waals surface area (Å²) in [6, 6.07) is 7.44. The maximum atomic E-state index is 13.5. The minimum Gasteiger partial charge on any atom is -0.339 e. The van der Waals surface area contributed by atoms with Crippen molar-refractivity contribution in [2.75, 3.05) is 5.32 Å². The van der Waals surface area contributed by atoms with Gasteiger partial charge in [0.05, 0.1) is 10.6 Å². The lowest BCUT2D eigenvalue weighted by molar-refractivity contribution is -0.116. The van der Waals surface area contributed by atoms with E-state index in [2.05, 4.69) is 20.4 Å². The fourth-order valence-corrected chi connectivity index (χ4v) is 4.31. The number of hydrogen-bond acceptors (Lipinski definition) is 7. The van der Waals surface area contributed by atoms with E-state index >= 15 is 0 Å². The Balaban J connectivity index is 1.32. The molecule has 3 aromatic heterocycles. The average molecular weight is 447 g/mol.